The fraction of sp³-hybridized carbons (Fsp3) is 0.733. The molecule has 110 valence electrons. The van der Waals surface area contributed by atoms with Crippen LogP contribution in [0.15, 0.2) is 12.3 Å². The molecule has 0 radical (unpaired) electrons. The van der Waals surface area contributed by atoms with Gasteiger partial charge in [-0.1, -0.05) is 0 Å². The lowest BCUT2D eigenvalue weighted by molar-refractivity contribution is -0.130. The molecular weight excluding hydrogens is 254 g/mol. The number of amides is 1. The van der Waals surface area contributed by atoms with E-state index in [-0.39, 0.29) is 5.91 Å². The van der Waals surface area contributed by atoms with Crippen molar-refractivity contribution >= 4 is 5.91 Å². The van der Waals surface area contributed by atoms with Gasteiger partial charge in [0.15, 0.2) is 0 Å². The number of likely N-dealkylation sites (tertiary alicyclic amines) is 1. The zero-order chi connectivity index (χ0) is 14.1. The smallest absolute Gasteiger partial charge is 0.224 e. The number of carbonyl (C=O) groups is 1. The summed E-state index contributed by atoms with van der Waals surface area (Å²) in [7, 11) is 1.79. The molecule has 1 saturated heterocycles. The Bertz CT molecular complexity index is 471. The highest BCUT2D eigenvalue weighted by Crippen LogP contribution is 2.39. The number of hydrogen-bond donors (Lipinski definition) is 0. The van der Waals surface area contributed by atoms with Crippen molar-refractivity contribution in [3.05, 3.63) is 18.0 Å². The lowest BCUT2D eigenvalue weighted by atomic mass is 10.0. The zero-order valence-corrected chi connectivity index (χ0v) is 12.3. The SMILES string of the molecule is COC1C[C@@H]2CN(C(=O)CCn3nccc3C)C[C@@H]2C1. The van der Waals surface area contributed by atoms with E-state index < -0.39 is 0 Å². The van der Waals surface area contributed by atoms with Crippen LogP contribution in [0.25, 0.3) is 0 Å². The van der Waals surface area contributed by atoms with Crippen LogP contribution >= 0.6 is 0 Å². The van der Waals surface area contributed by atoms with Crippen LogP contribution in [0.5, 0.6) is 0 Å². The van der Waals surface area contributed by atoms with Gasteiger partial charge in [0, 0.05) is 45.1 Å². The fourth-order valence-electron chi connectivity index (χ4n) is 3.63. The molecule has 1 unspecified atom stereocenters. The Morgan fingerprint density at radius 1 is 1.40 bits per heavy atom. The number of ether oxygens (including phenoxy) is 1. The van der Waals surface area contributed by atoms with E-state index >= 15 is 0 Å². The number of fused-ring (bicyclic) bond motifs is 1. The summed E-state index contributed by atoms with van der Waals surface area (Å²) in [6, 6.07) is 1.97. The minimum atomic E-state index is 0.267. The maximum Gasteiger partial charge on any atom is 0.224 e. The average molecular weight is 277 g/mol. The number of carbonyl (C=O) groups excluding carboxylic acids is 1. The monoisotopic (exact) mass is 277 g/mol. The molecule has 20 heavy (non-hydrogen) atoms. The third kappa shape index (κ3) is 2.59. The van der Waals surface area contributed by atoms with Gasteiger partial charge >= 0.3 is 0 Å². The molecule has 1 aromatic heterocycles. The molecule has 1 saturated carbocycles. The van der Waals surface area contributed by atoms with Crippen LogP contribution in [-0.4, -0.2) is 46.9 Å². The van der Waals surface area contributed by atoms with Gasteiger partial charge in [0.05, 0.1) is 6.10 Å². The topological polar surface area (TPSA) is 47.4 Å². The molecular formula is C15H23N3O2. The first-order valence-electron chi connectivity index (χ1n) is 7.46. The van der Waals surface area contributed by atoms with Gasteiger partial charge in [0.1, 0.15) is 0 Å². The summed E-state index contributed by atoms with van der Waals surface area (Å²) >= 11 is 0. The second kappa shape index (κ2) is 5.56. The van der Waals surface area contributed by atoms with Crippen molar-refractivity contribution < 1.29 is 9.53 Å². The molecule has 2 fully saturated rings. The van der Waals surface area contributed by atoms with Gasteiger partial charge < -0.3 is 9.64 Å². The normalized spacial score (nSPS) is 28.9. The van der Waals surface area contributed by atoms with Crippen molar-refractivity contribution in [2.24, 2.45) is 11.8 Å². The number of aryl methyl sites for hydroxylation is 2. The summed E-state index contributed by atoms with van der Waals surface area (Å²) in [5.41, 5.74) is 1.11. The lowest BCUT2D eigenvalue weighted by Crippen LogP contribution is -2.31. The first kappa shape index (κ1) is 13.6. The Labute approximate surface area is 119 Å². The summed E-state index contributed by atoms with van der Waals surface area (Å²) in [6.07, 6.45) is 4.97. The zero-order valence-electron chi connectivity index (χ0n) is 12.3. The average Bonchev–Trinajstić information content (AvgIpc) is 3.09. The lowest BCUT2D eigenvalue weighted by Gasteiger charge is -2.19. The van der Waals surface area contributed by atoms with Crippen LogP contribution < -0.4 is 0 Å². The van der Waals surface area contributed by atoms with Crippen LogP contribution in [0.3, 0.4) is 0 Å². The van der Waals surface area contributed by atoms with Gasteiger partial charge in [-0.2, -0.15) is 5.10 Å². The van der Waals surface area contributed by atoms with E-state index in [1.807, 2.05) is 22.6 Å². The van der Waals surface area contributed by atoms with Crippen molar-refractivity contribution in [2.45, 2.75) is 38.8 Å². The third-order valence-corrected chi connectivity index (χ3v) is 4.86. The molecule has 3 atom stereocenters. The molecule has 0 bridgehead atoms. The second-order valence-electron chi connectivity index (χ2n) is 6.09. The Hall–Kier alpha value is -1.36. The quantitative estimate of drug-likeness (QED) is 0.837. The molecule has 1 aromatic rings. The van der Waals surface area contributed by atoms with Crippen LogP contribution in [0.4, 0.5) is 0 Å². The number of aromatic nitrogens is 2. The number of hydrogen-bond acceptors (Lipinski definition) is 3. The predicted molar refractivity (Wildman–Crippen MR) is 75.2 cm³/mol. The highest BCUT2D eigenvalue weighted by Gasteiger charge is 2.42. The first-order chi connectivity index (χ1) is 9.67. The molecule has 5 nitrogen and oxygen atoms in total. The third-order valence-electron chi connectivity index (χ3n) is 4.86. The molecule has 1 aliphatic carbocycles. The maximum absolute atomic E-state index is 12.3. The Morgan fingerprint density at radius 3 is 2.65 bits per heavy atom. The molecule has 0 N–H and O–H groups in total. The Kier molecular flexibility index (Phi) is 3.78. The summed E-state index contributed by atoms with van der Waals surface area (Å²) in [5.74, 6) is 1.56. The number of rotatable bonds is 4. The first-order valence-corrected chi connectivity index (χ1v) is 7.46. The standard InChI is InChI=1S/C15H23N3O2/c1-11-3-5-16-18(11)6-4-15(19)17-9-12-7-14(20-2)8-13(12)10-17/h3,5,12-14H,4,6-10H2,1-2H3/t12-,13+,14?. The summed E-state index contributed by atoms with van der Waals surface area (Å²) in [5, 5.41) is 4.22. The molecule has 0 aromatic carbocycles. The van der Waals surface area contributed by atoms with Crippen LogP contribution in [0.2, 0.25) is 0 Å². The fourth-order valence-corrected chi connectivity index (χ4v) is 3.63. The minimum Gasteiger partial charge on any atom is -0.381 e. The van der Waals surface area contributed by atoms with E-state index in [0.717, 1.165) is 31.6 Å². The highest BCUT2D eigenvalue weighted by molar-refractivity contribution is 5.76. The van der Waals surface area contributed by atoms with Crippen molar-refractivity contribution in [2.75, 3.05) is 20.2 Å². The van der Waals surface area contributed by atoms with Crippen LogP contribution in [-0.2, 0) is 16.1 Å². The number of methoxy groups -OCH3 is 1. The molecule has 2 aliphatic rings. The van der Waals surface area contributed by atoms with E-state index in [0.29, 0.717) is 30.9 Å². The van der Waals surface area contributed by atoms with E-state index in [1.165, 1.54) is 0 Å². The largest absolute Gasteiger partial charge is 0.381 e. The van der Waals surface area contributed by atoms with Crippen molar-refractivity contribution in [3.63, 3.8) is 0 Å². The Morgan fingerprint density at radius 2 is 2.10 bits per heavy atom. The van der Waals surface area contributed by atoms with Crippen LogP contribution in [0, 0.1) is 18.8 Å². The molecule has 3 rings (SSSR count). The van der Waals surface area contributed by atoms with E-state index in [2.05, 4.69) is 5.10 Å². The van der Waals surface area contributed by atoms with Crippen molar-refractivity contribution in [1.29, 1.82) is 0 Å². The van der Waals surface area contributed by atoms with E-state index in [9.17, 15) is 4.79 Å². The highest BCUT2D eigenvalue weighted by atomic mass is 16.5. The van der Waals surface area contributed by atoms with Crippen LogP contribution in [0.1, 0.15) is 25.0 Å². The summed E-state index contributed by atoms with van der Waals surface area (Å²) in [6.45, 7) is 4.54. The van der Waals surface area contributed by atoms with Gasteiger partial charge in [-0.15, -0.1) is 0 Å². The van der Waals surface area contributed by atoms with E-state index in [1.54, 1.807) is 13.3 Å². The molecule has 0 spiro atoms. The summed E-state index contributed by atoms with van der Waals surface area (Å²) in [4.78, 5) is 14.3. The molecule has 1 aliphatic heterocycles. The van der Waals surface area contributed by atoms with Gasteiger partial charge in [-0.3, -0.25) is 9.48 Å². The van der Waals surface area contributed by atoms with Crippen molar-refractivity contribution in [1.82, 2.24) is 14.7 Å². The van der Waals surface area contributed by atoms with Crippen molar-refractivity contribution in [3.8, 4) is 0 Å². The molecule has 5 heteroatoms. The minimum absolute atomic E-state index is 0.267. The molecule has 1 amide bonds. The molecule has 2 heterocycles. The predicted octanol–water partition coefficient (Wildman–Crippen LogP) is 1.47. The maximum atomic E-state index is 12.3. The number of nitrogens with zero attached hydrogens (tertiary/aromatic N) is 3. The van der Waals surface area contributed by atoms with Gasteiger partial charge in [0.2, 0.25) is 5.91 Å². The van der Waals surface area contributed by atoms with Gasteiger partial charge in [0.25, 0.3) is 0 Å². The second-order valence-corrected chi connectivity index (χ2v) is 6.09. The summed E-state index contributed by atoms with van der Waals surface area (Å²) < 4.78 is 7.34. The van der Waals surface area contributed by atoms with Gasteiger partial charge in [-0.05, 0) is 37.7 Å². The Balaban J connectivity index is 1.49. The van der Waals surface area contributed by atoms with E-state index in [4.69, 9.17) is 4.74 Å². The van der Waals surface area contributed by atoms with Gasteiger partial charge in [-0.25, -0.2) is 0 Å².